The number of pyridine rings is 1. The maximum atomic E-state index is 16.6. The number of ether oxygens (including phenoxy) is 1. The summed E-state index contributed by atoms with van der Waals surface area (Å²) in [7, 11) is 3.39. The van der Waals surface area contributed by atoms with Crippen molar-refractivity contribution in [2.45, 2.75) is 86.0 Å². The molecule has 0 bridgehead atoms. The van der Waals surface area contributed by atoms with Crippen molar-refractivity contribution < 1.29 is 36.3 Å². The molecule has 0 saturated carbocycles. The van der Waals surface area contributed by atoms with Gasteiger partial charge in [0.2, 0.25) is 5.91 Å². The smallest absolute Gasteiger partial charge is 0.416 e. The molecule has 0 saturated heterocycles. The zero-order valence-electron chi connectivity index (χ0n) is 29.6. The number of hydrogen-bond donors (Lipinski definition) is 1. The molecule has 3 aromatic rings. The van der Waals surface area contributed by atoms with Crippen LogP contribution in [0.5, 0.6) is 0 Å². The van der Waals surface area contributed by atoms with Crippen molar-refractivity contribution in [1.29, 1.82) is 0 Å². The van der Waals surface area contributed by atoms with Crippen molar-refractivity contribution in [3.8, 4) is 11.1 Å². The molecule has 1 aromatic heterocycles. The molecule has 0 fully saturated rings. The summed E-state index contributed by atoms with van der Waals surface area (Å²) < 4.78 is 80.6. The highest BCUT2D eigenvalue weighted by molar-refractivity contribution is 5.82. The van der Waals surface area contributed by atoms with E-state index in [2.05, 4.69) is 5.32 Å². The largest absolute Gasteiger partial charge is 0.466 e. The van der Waals surface area contributed by atoms with Crippen LogP contribution in [0.15, 0.2) is 35.3 Å². The number of alkyl halides is 3. The molecule has 0 aliphatic rings. The van der Waals surface area contributed by atoms with Gasteiger partial charge in [0.25, 0.3) is 5.56 Å². The molecule has 1 N–H and O–H groups in total. The van der Waals surface area contributed by atoms with Gasteiger partial charge in [0.05, 0.1) is 24.6 Å². The summed E-state index contributed by atoms with van der Waals surface area (Å²) >= 11 is 0. The molecule has 0 aliphatic carbocycles. The molecule has 3 rings (SSSR count). The summed E-state index contributed by atoms with van der Waals surface area (Å²) in [4.78, 5) is 41.9. The molecular weight excluding hydrogens is 645 g/mol. The molecule has 1 heterocycles. The number of hydrogen-bond acceptors (Lipinski definition) is 5. The average Bonchev–Trinajstić information content (AvgIpc) is 2.96. The van der Waals surface area contributed by atoms with Crippen LogP contribution in [0.2, 0.25) is 0 Å². The molecule has 0 aliphatic heterocycles. The van der Waals surface area contributed by atoms with Crippen LogP contribution in [-0.2, 0) is 26.9 Å². The van der Waals surface area contributed by atoms with Crippen LogP contribution < -0.4 is 10.9 Å². The number of rotatable bonds is 13. The van der Waals surface area contributed by atoms with Gasteiger partial charge in [-0.3, -0.25) is 14.4 Å². The summed E-state index contributed by atoms with van der Waals surface area (Å²) in [5.41, 5.74) is 0.193. The van der Waals surface area contributed by atoms with Gasteiger partial charge in [-0.1, -0.05) is 31.5 Å². The number of amides is 1. The number of nitrogens with one attached hydrogen (secondary N) is 1. The molecule has 49 heavy (non-hydrogen) atoms. The van der Waals surface area contributed by atoms with Gasteiger partial charge in [0.1, 0.15) is 17.7 Å². The number of benzene rings is 2. The van der Waals surface area contributed by atoms with Gasteiger partial charge in [-0.15, -0.1) is 0 Å². The minimum Gasteiger partial charge on any atom is -0.466 e. The van der Waals surface area contributed by atoms with E-state index in [0.29, 0.717) is 11.6 Å². The molecule has 0 radical (unpaired) electrons. The third-order valence-electron chi connectivity index (χ3n) is 8.33. The lowest BCUT2D eigenvalue weighted by molar-refractivity contribution is -0.144. The second-order valence-corrected chi connectivity index (χ2v) is 13.3. The monoisotopic (exact) mass is 691 g/mol. The average molecular weight is 692 g/mol. The van der Waals surface area contributed by atoms with Crippen LogP contribution in [0.3, 0.4) is 0 Å². The number of halogens is 5. The second-order valence-electron chi connectivity index (χ2n) is 13.3. The zero-order valence-corrected chi connectivity index (χ0v) is 29.6. The Labute approximate surface area is 284 Å². The normalized spacial score (nSPS) is 13.1. The molecule has 268 valence electrons. The Morgan fingerprint density at radius 1 is 0.959 bits per heavy atom. The lowest BCUT2D eigenvalue weighted by Gasteiger charge is -2.27. The molecular formula is C37H46F5N3O4. The Morgan fingerprint density at radius 3 is 2.10 bits per heavy atom. The van der Waals surface area contributed by atoms with E-state index in [0.717, 1.165) is 27.5 Å². The van der Waals surface area contributed by atoms with Gasteiger partial charge in [0, 0.05) is 29.9 Å². The fourth-order valence-corrected chi connectivity index (χ4v) is 6.21. The van der Waals surface area contributed by atoms with Crippen LogP contribution in [0, 0.1) is 45.2 Å². The molecule has 1 amide bonds. The number of carbonyl (C=O) groups is 2. The van der Waals surface area contributed by atoms with E-state index in [1.165, 1.54) is 13.0 Å². The summed E-state index contributed by atoms with van der Waals surface area (Å²) in [6.07, 6.45) is -4.48. The van der Waals surface area contributed by atoms with Crippen molar-refractivity contribution in [3.05, 3.63) is 91.4 Å². The third-order valence-corrected chi connectivity index (χ3v) is 8.33. The first-order chi connectivity index (χ1) is 22.8. The van der Waals surface area contributed by atoms with Crippen LogP contribution in [0.25, 0.3) is 11.1 Å². The minimum atomic E-state index is -4.81. The standard InChI is InChI=1S/C37H46F5N3O4/c1-10-49-31(47)18-28(33-34(38)24(7)16-26(35(33)39)32-22(5)14-21(4)15-23(32)6)43-36(48)29(13-20(2)3)45-19-25(11-12-44(8)9)27(17-30(45)46)37(40,41)42/h14-17,19-20,28-29H,10-13,18H2,1-9H3,(H,43,48)/t28-,29?/m0/s1. The quantitative estimate of drug-likeness (QED) is 0.148. The predicted octanol–water partition coefficient (Wildman–Crippen LogP) is 7.55. The van der Waals surface area contributed by atoms with E-state index < -0.39 is 64.9 Å². The lowest BCUT2D eigenvalue weighted by Crippen LogP contribution is -2.41. The van der Waals surface area contributed by atoms with Crippen molar-refractivity contribution >= 4 is 11.9 Å². The maximum absolute atomic E-state index is 16.6. The van der Waals surface area contributed by atoms with Crippen molar-refractivity contribution in [3.63, 3.8) is 0 Å². The molecule has 7 nitrogen and oxygen atoms in total. The topological polar surface area (TPSA) is 80.6 Å². The number of nitrogens with zero attached hydrogens (tertiary/aromatic N) is 2. The zero-order chi connectivity index (χ0) is 37.0. The Balaban J connectivity index is 2.23. The number of aromatic nitrogens is 1. The van der Waals surface area contributed by atoms with E-state index in [1.54, 1.807) is 53.6 Å². The number of esters is 1. The lowest BCUT2D eigenvalue weighted by atomic mass is 9.88. The Bertz CT molecular complexity index is 1720. The van der Waals surface area contributed by atoms with E-state index in [-0.39, 0.29) is 48.6 Å². The van der Waals surface area contributed by atoms with Crippen molar-refractivity contribution in [2.24, 2.45) is 5.92 Å². The number of aryl methyl sites for hydroxylation is 4. The maximum Gasteiger partial charge on any atom is 0.416 e. The Kier molecular flexibility index (Phi) is 12.9. The predicted molar refractivity (Wildman–Crippen MR) is 179 cm³/mol. The Hall–Kier alpha value is -4.06. The molecule has 0 spiro atoms. The first-order valence-electron chi connectivity index (χ1n) is 16.3. The minimum absolute atomic E-state index is 0.00212. The number of likely N-dealkylation sites (N-methyl/N-ethyl adjacent to an activating group) is 1. The third kappa shape index (κ3) is 9.55. The highest BCUT2D eigenvalue weighted by Crippen LogP contribution is 2.38. The highest BCUT2D eigenvalue weighted by Gasteiger charge is 2.36. The molecule has 2 aromatic carbocycles. The van der Waals surface area contributed by atoms with Gasteiger partial charge in [-0.25, -0.2) is 8.78 Å². The number of carbonyl (C=O) groups excluding carboxylic acids is 2. The molecule has 2 atom stereocenters. The van der Waals surface area contributed by atoms with E-state index >= 15 is 8.78 Å². The van der Waals surface area contributed by atoms with Gasteiger partial charge < -0.3 is 19.5 Å². The fourth-order valence-electron chi connectivity index (χ4n) is 6.21. The van der Waals surface area contributed by atoms with E-state index in [9.17, 15) is 27.6 Å². The van der Waals surface area contributed by atoms with Gasteiger partial charge in [-0.05, 0) is 101 Å². The first-order valence-corrected chi connectivity index (χ1v) is 16.3. The Morgan fingerprint density at radius 2 is 1.57 bits per heavy atom. The fraction of sp³-hybridized carbons (Fsp3) is 0.486. The van der Waals surface area contributed by atoms with E-state index in [1.807, 2.05) is 19.1 Å². The van der Waals surface area contributed by atoms with Crippen LogP contribution >= 0.6 is 0 Å². The first kappa shape index (κ1) is 39.4. The van der Waals surface area contributed by atoms with Crippen LogP contribution in [-0.4, -0.2) is 48.6 Å². The van der Waals surface area contributed by atoms with E-state index in [4.69, 9.17) is 4.74 Å². The molecule has 1 unspecified atom stereocenters. The van der Waals surface area contributed by atoms with Crippen molar-refractivity contribution in [1.82, 2.24) is 14.8 Å². The van der Waals surface area contributed by atoms with Gasteiger partial charge >= 0.3 is 12.1 Å². The van der Waals surface area contributed by atoms with Crippen molar-refractivity contribution in [2.75, 3.05) is 27.2 Å². The summed E-state index contributed by atoms with van der Waals surface area (Å²) in [5, 5.41) is 2.58. The van der Waals surface area contributed by atoms with Gasteiger partial charge in [-0.2, -0.15) is 13.2 Å². The second kappa shape index (κ2) is 16.1. The SMILES string of the molecule is CCOC(=O)C[C@H](NC(=O)C(CC(C)C)n1cc(CCN(C)C)c(C(F)(F)F)cc1=O)c1c(F)c(C)cc(-c2c(C)cc(C)cc2C)c1F. The summed E-state index contributed by atoms with van der Waals surface area (Å²) in [6.45, 7) is 12.2. The summed E-state index contributed by atoms with van der Waals surface area (Å²) in [6, 6.07) is 2.63. The highest BCUT2D eigenvalue weighted by atomic mass is 19.4. The van der Waals surface area contributed by atoms with Crippen LogP contribution in [0.4, 0.5) is 22.0 Å². The molecule has 12 heteroatoms. The van der Waals surface area contributed by atoms with Crippen LogP contribution in [0.1, 0.15) is 84.6 Å². The van der Waals surface area contributed by atoms with Gasteiger partial charge in [0.15, 0.2) is 0 Å². The summed E-state index contributed by atoms with van der Waals surface area (Å²) in [5.74, 6) is -3.92.